The van der Waals surface area contributed by atoms with Crippen molar-refractivity contribution in [3.8, 4) is 0 Å². The van der Waals surface area contributed by atoms with Crippen LogP contribution in [0.3, 0.4) is 0 Å². The van der Waals surface area contributed by atoms with Crippen molar-refractivity contribution in [2.75, 3.05) is 6.54 Å². The molecule has 16 heavy (non-hydrogen) atoms. The molecule has 1 N–H and O–H groups in total. The van der Waals surface area contributed by atoms with Gasteiger partial charge in [-0.05, 0) is 37.1 Å². The van der Waals surface area contributed by atoms with E-state index in [0.29, 0.717) is 13.0 Å². The number of rotatable bonds is 3. The maximum absolute atomic E-state index is 12.7. The zero-order valence-corrected chi connectivity index (χ0v) is 8.90. The normalized spacial score (nSPS) is 21.2. The Morgan fingerprint density at radius 3 is 2.75 bits per heavy atom. The number of benzene rings is 1. The quantitative estimate of drug-likeness (QED) is 0.850. The minimum atomic E-state index is -0.764. The molecule has 1 atom stereocenters. The van der Waals surface area contributed by atoms with Gasteiger partial charge in [0.1, 0.15) is 11.9 Å². The van der Waals surface area contributed by atoms with Gasteiger partial charge in [0, 0.05) is 6.54 Å². The van der Waals surface area contributed by atoms with E-state index >= 15 is 0 Å². The van der Waals surface area contributed by atoms with Crippen molar-refractivity contribution in [2.24, 2.45) is 0 Å². The largest absolute Gasteiger partial charge is 0.480 e. The summed E-state index contributed by atoms with van der Waals surface area (Å²) in [6.45, 7) is 1.38. The second kappa shape index (κ2) is 4.61. The van der Waals surface area contributed by atoms with Crippen LogP contribution in [0.2, 0.25) is 0 Å². The van der Waals surface area contributed by atoms with Crippen molar-refractivity contribution in [3.05, 3.63) is 35.6 Å². The van der Waals surface area contributed by atoms with E-state index in [9.17, 15) is 9.18 Å². The van der Waals surface area contributed by atoms with Crippen molar-refractivity contribution in [1.29, 1.82) is 0 Å². The molecule has 0 spiro atoms. The minimum absolute atomic E-state index is 0.264. The predicted octanol–water partition coefficient (Wildman–Crippen LogP) is 1.87. The average molecular weight is 223 g/mol. The lowest BCUT2D eigenvalue weighted by Crippen LogP contribution is -2.35. The summed E-state index contributed by atoms with van der Waals surface area (Å²) in [5.41, 5.74) is 0.953. The topological polar surface area (TPSA) is 40.5 Å². The molecule has 1 fully saturated rings. The Labute approximate surface area is 93.5 Å². The molecule has 4 heteroatoms. The fourth-order valence-electron chi connectivity index (χ4n) is 2.12. The van der Waals surface area contributed by atoms with Crippen molar-refractivity contribution in [3.63, 3.8) is 0 Å². The molecule has 2 rings (SSSR count). The summed E-state index contributed by atoms with van der Waals surface area (Å²) in [6, 6.07) is 5.83. The lowest BCUT2D eigenvalue weighted by molar-refractivity contribution is -0.142. The third-order valence-corrected chi connectivity index (χ3v) is 2.95. The van der Waals surface area contributed by atoms with Crippen LogP contribution in [-0.4, -0.2) is 28.6 Å². The molecule has 1 aliphatic rings. The average Bonchev–Trinajstić information content (AvgIpc) is 2.69. The Morgan fingerprint density at radius 2 is 2.12 bits per heavy atom. The molecular formula is C12H14FNO2. The van der Waals surface area contributed by atoms with Crippen molar-refractivity contribution < 1.29 is 14.3 Å². The van der Waals surface area contributed by atoms with Crippen LogP contribution in [0.1, 0.15) is 18.4 Å². The van der Waals surface area contributed by atoms with Crippen LogP contribution in [0.25, 0.3) is 0 Å². The molecule has 0 unspecified atom stereocenters. The third kappa shape index (κ3) is 2.39. The van der Waals surface area contributed by atoms with Gasteiger partial charge in [0.05, 0.1) is 0 Å². The molecule has 1 saturated heterocycles. The molecule has 1 aliphatic heterocycles. The smallest absolute Gasteiger partial charge is 0.320 e. The first-order valence-electron chi connectivity index (χ1n) is 5.38. The van der Waals surface area contributed by atoms with Crippen LogP contribution < -0.4 is 0 Å². The van der Waals surface area contributed by atoms with Gasteiger partial charge in [0.25, 0.3) is 0 Å². The van der Waals surface area contributed by atoms with E-state index in [1.54, 1.807) is 12.1 Å². The van der Waals surface area contributed by atoms with Crippen molar-refractivity contribution in [1.82, 2.24) is 4.90 Å². The maximum Gasteiger partial charge on any atom is 0.320 e. The predicted molar refractivity (Wildman–Crippen MR) is 57.5 cm³/mol. The van der Waals surface area contributed by atoms with Gasteiger partial charge in [-0.3, -0.25) is 9.69 Å². The summed E-state index contributed by atoms with van der Waals surface area (Å²) in [4.78, 5) is 12.9. The van der Waals surface area contributed by atoms with E-state index in [0.717, 1.165) is 18.5 Å². The van der Waals surface area contributed by atoms with Crippen LogP contribution in [0.15, 0.2) is 24.3 Å². The van der Waals surface area contributed by atoms with Crippen LogP contribution >= 0.6 is 0 Å². The van der Waals surface area contributed by atoms with E-state index < -0.39 is 5.97 Å². The monoisotopic (exact) mass is 223 g/mol. The number of aliphatic carboxylic acids is 1. The number of hydrogen-bond donors (Lipinski definition) is 1. The molecule has 1 aromatic carbocycles. The zero-order chi connectivity index (χ0) is 11.5. The van der Waals surface area contributed by atoms with Crippen molar-refractivity contribution in [2.45, 2.75) is 25.4 Å². The van der Waals surface area contributed by atoms with Crippen LogP contribution in [-0.2, 0) is 11.3 Å². The molecule has 0 saturated carbocycles. The van der Waals surface area contributed by atoms with Gasteiger partial charge in [-0.1, -0.05) is 12.1 Å². The summed E-state index contributed by atoms with van der Waals surface area (Å²) < 4.78 is 12.7. The van der Waals surface area contributed by atoms with E-state index in [4.69, 9.17) is 5.11 Å². The SMILES string of the molecule is O=C(O)[C@H]1CCCN1Cc1ccc(F)cc1. The Bertz CT molecular complexity index is 377. The Morgan fingerprint density at radius 1 is 1.44 bits per heavy atom. The Balaban J connectivity index is 2.03. The van der Waals surface area contributed by atoms with Gasteiger partial charge < -0.3 is 5.11 Å². The van der Waals surface area contributed by atoms with Gasteiger partial charge in [0.15, 0.2) is 0 Å². The lowest BCUT2D eigenvalue weighted by atomic mass is 10.2. The van der Waals surface area contributed by atoms with Gasteiger partial charge in [0.2, 0.25) is 0 Å². The molecular weight excluding hydrogens is 209 g/mol. The summed E-state index contributed by atoms with van der Waals surface area (Å²) >= 11 is 0. The number of carboxylic acid groups (broad SMARTS) is 1. The van der Waals surface area contributed by atoms with Gasteiger partial charge in [-0.2, -0.15) is 0 Å². The van der Waals surface area contributed by atoms with Crippen LogP contribution in [0, 0.1) is 5.82 Å². The molecule has 0 aromatic heterocycles. The Kier molecular flexibility index (Phi) is 3.19. The molecule has 3 nitrogen and oxygen atoms in total. The van der Waals surface area contributed by atoms with Crippen LogP contribution in [0.4, 0.5) is 4.39 Å². The third-order valence-electron chi connectivity index (χ3n) is 2.95. The van der Waals surface area contributed by atoms with Gasteiger partial charge in [-0.25, -0.2) is 4.39 Å². The second-order valence-electron chi connectivity index (χ2n) is 4.09. The first-order chi connectivity index (χ1) is 7.66. The molecule has 86 valence electrons. The highest BCUT2D eigenvalue weighted by Gasteiger charge is 2.30. The standard InChI is InChI=1S/C12H14FNO2/c13-10-5-3-9(4-6-10)8-14-7-1-2-11(14)12(15)16/h3-6,11H,1-2,7-8H2,(H,15,16)/t11-/m1/s1. The molecule has 0 aliphatic carbocycles. The van der Waals surface area contributed by atoms with Crippen LogP contribution in [0.5, 0.6) is 0 Å². The molecule has 1 aromatic rings. The highest BCUT2D eigenvalue weighted by Crippen LogP contribution is 2.20. The molecule has 0 amide bonds. The summed E-state index contributed by atoms with van der Waals surface area (Å²) in [5.74, 6) is -1.03. The number of hydrogen-bond acceptors (Lipinski definition) is 2. The number of nitrogens with zero attached hydrogens (tertiary/aromatic N) is 1. The summed E-state index contributed by atoms with van der Waals surface area (Å²) in [7, 11) is 0. The number of carbonyl (C=O) groups is 1. The van der Waals surface area contributed by atoms with E-state index in [1.807, 2.05) is 4.90 Å². The number of carboxylic acids is 1. The summed E-state index contributed by atoms with van der Waals surface area (Å²) in [6.07, 6.45) is 1.62. The van der Waals surface area contributed by atoms with Crippen molar-refractivity contribution >= 4 is 5.97 Å². The molecule has 0 bridgehead atoms. The Hall–Kier alpha value is -1.42. The number of halogens is 1. The lowest BCUT2D eigenvalue weighted by Gasteiger charge is -2.20. The van der Waals surface area contributed by atoms with Gasteiger partial charge >= 0.3 is 5.97 Å². The fraction of sp³-hybridized carbons (Fsp3) is 0.417. The first-order valence-corrected chi connectivity index (χ1v) is 5.38. The second-order valence-corrected chi connectivity index (χ2v) is 4.09. The minimum Gasteiger partial charge on any atom is -0.480 e. The first kappa shape index (κ1) is 11.1. The highest BCUT2D eigenvalue weighted by molar-refractivity contribution is 5.73. The molecule has 1 heterocycles. The van der Waals surface area contributed by atoms with E-state index in [1.165, 1.54) is 12.1 Å². The highest BCUT2D eigenvalue weighted by atomic mass is 19.1. The molecule has 0 radical (unpaired) electrons. The maximum atomic E-state index is 12.7. The van der Waals surface area contributed by atoms with Gasteiger partial charge in [-0.15, -0.1) is 0 Å². The van der Waals surface area contributed by atoms with E-state index in [-0.39, 0.29) is 11.9 Å². The van der Waals surface area contributed by atoms with E-state index in [2.05, 4.69) is 0 Å². The zero-order valence-electron chi connectivity index (χ0n) is 8.90. The fourth-order valence-corrected chi connectivity index (χ4v) is 2.12. The summed E-state index contributed by atoms with van der Waals surface area (Å²) in [5, 5.41) is 9.00. The number of likely N-dealkylation sites (tertiary alicyclic amines) is 1.